The van der Waals surface area contributed by atoms with Crippen LogP contribution >= 0.6 is 0 Å². The summed E-state index contributed by atoms with van der Waals surface area (Å²) in [5.74, 6) is 0.518. The Morgan fingerprint density at radius 1 is 1.11 bits per heavy atom. The molecule has 0 radical (unpaired) electrons. The predicted molar refractivity (Wildman–Crippen MR) is 69.7 cm³/mol. The Bertz CT molecular complexity index is 205. The van der Waals surface area contributed by atoms with Crippen LogP contribution in [0.15, 0.2) is 0 Å². The zero-order chi connectivity index (χ0) is 14.2. The molecule has 18 heavy (non-hydrogen) atoms. The summed E-state index contributed by atoms with van der Waals surface area (Å²) in [5.41, 5.74) is 0. The van der Waals surface area contributed by atoms with Crippen LogP contribution in [0.3, 0.4) is 0 Å². The van der Waals surface area contributed by atoms with E-state index in [-0.39, 0.29) is 6.04 Å². The molecule has 0 amide bonds. The first-order valence-corrected chi connectivity index (χ1v) is 6.81. The van der Waals surface area contributed by atoms with Crippen molar-refractivity contribution in [3.63, 3.8) is 0 Å². The van der Waals surface area contributed by atoms with Gasteiger partial charge in [-0.1, -0.05) is 34.1 Å². The van der Waals surface area contributed by atoms with Gasteiger partial charge in [0, 0.05) is 12.6 Å². The topological polar surface area (TPSA) is 15.3 Å². The summed E-state index contributed by atoms with van der Waals surface area (Å²) in [5, 5.41) is 3.26. The smallest absolute Gasteiger partial charge is 0.315 e. The third-order valence-corrected chi connectivity index (χ3v) is 2.86. The maximum Gasteiger partial charge on any atom is 0.401 e. The van der Waals surface area contributed by atoms with Crippen molar-refractivity contribution in [3.05, 3.63) is 0 Å². The average molecular weight is 268 g/mol. The lowest BCUT2D eigenvalue weighted by Crippen LogP contribution is -2.46. The Morgan fingerprint density at radius 2 is 1.72 bits per heavy atom. The summed E-state index contributed by atoms with van der Waals surface area (Å²) >= 11 is 0. The van der Waals surface area contributed by atoms with Gasteiger partial charge in [0.15, 0.2) is 0 Å². The van der Waals surface area contributed by atoms with E-state index in [1.165, 1.54) is 4.90 Å². The molecular weight excluding hydrogens is 241 g/mol. The van der Waals surface area contributed by atoms with Crippen molar-refractivity contribution in [1.82, 2.24) is 10.2 Å². The Morgan fingerprint density at radius 3 is 2.11 bits per heavy atom. The SMILES string of the molecule is CCCC(CNCC(C)C)N(CC)CC(F)(F)F. The van der Waals surface area contributed by atoms with E-state index in [1.54, 1.807) is 6.92 Å². The quantitative estimate of drug-likeness (QED) is 0.690. The Hall–Kier alpha value is -0.290. The van der Waals surface area contributed by atoms with Crippen LogP contribution in [0.1, 0.15) is 40.5 Å². The molecule has 0 saturated carbocycles. The molecule has 0 aliphatic carbocycles. The van der Waals surface area contributed by atoms with Crippen molar-refractivity contribution in [2.24, 2.45) is 5.92 Å². The number of likely N-dealkylation sites (N-methyl/N-ethyl adjacent to an activating group) is 1. The van der Waals surface area contributed by atoms with Gasteiger partial charge in [-0.25, -0.2) is 0 Å². The molecule has 0 rings (SSSR count). The van der Waals surface area contributed by atoms with Crippen molar-refractivity contribution in [3.8, 4) is 0 Å². The number of nitrogens with one attached hydrogen (secondary N) is 1. The molecule has 0 aliphatic heterocycles. The maximum atomic E-state index is 12.5. The van der Waals surface area contributed by atoms with E-state index in [1.807, 2.05) is 6.92 Å². The van der Waals surface area contributed by atoms with Crippen molar-refractivity contribution in [1.29, 1.82) is 0 Å². The highest BCUT2D eigenvalue weighted by atomic mass is 19.4. The molecule has 1 unspecified atom stereocenters. The van der Waals surface area contributed by atoms with Gasteiger partial charge in [0.05, 0.1) is 6.54 Å². The van der Waals surface area contributed by atoms with Crippen LogP contribution in [0.5, 0.6) is 0 Å². The lowest BCUT2D eigenvalue weighted by Gasteiger charge is -2.31. The minimum atomic E-state index is -4.11. The Labute approximate surface area is 109 Å². The zero-order valence-corrected chi connectivity index (χ0v) is 12.0. The summed E-state index contributed by atoms with van der Waals surface area (Å²) in [4.78, 5) is 1.52. The van der Waals surface area contributed by atoms with Gasteiger partial charge in [0.25, 0.3) is 0 Å². The molecule has 0 aromatic heterocycles. The van der Waals surface area contributed by atoms with E-state index in [9.17, 15) is 13.2 Å². The average Bonchev–Trinajstić information content (AvgIpc) is 2.23. The molecule has 0 fully saturated rings. The number of alkyl halides is 3. The van der Waals surface area contributed by atoms with Gasteiger partial charge < -0.3 is 5.32 Å². The number of hydrogen-bond donors (Lipinski definition) is 1. The summed E-state index contributed by atoms with van der Waals surface area (Å²) in [6.45, 7) is 9.10. The van der Waals surface area contributed by atoms with Crippen LogP contribution in [0.25, 0.3) is 0 Å². The molecule has 110 valence electrons. The van der Waals surface area contributed by atoms with Gasteiger partial charge in [0.2, 0.25) is 0 Å². The minimum absolute atomic E-state index is 0.0274. The van der Waals surface area contributed by atoms with Crippen LogP contribution < -0.4 is 5.32 Å². The summed E-state index contributed by atoms with van der Waals surface area (Å²) < 4.78 is 37.4. The molecular formula is C13H27F3N2. The second-order valence-corrected chi connectivity index (χ2v) is 5.17. The molecule has 1 N–H and O–H groups in total. The molecule has 0 aliphatic rings. The highest BCUT2D eigenvalue weighted by Gasteiger charge is 2.32. The standard InChI is InChI=1S/C13H27F3N2/c1-5-7-12(9-17-8-11(3)4)18(6-2)10-13(14,15)16/h11-12,17H,5-10H2,1-4H3. The Kier molecular flexibility index (Phi) is 8.61. The fourth-order valence-electron chi connectivity index (χ4n) is 2.01. The van der Waals surface area contributed by atoms with Crippen LogP contribution in [0.4, 0.5) is 13.2 Å². The third-order valence-electron chi connectivity index (χ3n) is 2.86. The lowest BCUT2D eigenvalue weighted by atomic mass is 10.1. The lowest BCUT2D eigenvalue weighted by molar-refractivity contribution is -0.150. The van der Waals surface area contributed by atoms with Crippen LogP contribution in [-0.4, -0.2) is 43.3 Å². The van der Waals surface area contributed by atoms with E-state index in [2.05, 4.69) is 19.2 Å². The number of halogens is 3. The number of hydrogen-bond acceptors (Lipinski definition) is 2. The molecule has 0 bridgehead atoms. The van der Waals surface area contributed by atoms with E-state index >= 15 is 0 Å². The van der Waals surface area contributed by atoms with E-state index in [0.29, 0.717) is 19.0 Å². The second-order valence-electron chi connectivity index (χ2n) is 5.17. The number of rotatable bonds is 9. The van der Waals surface area contributed by atoms with Crippen LogP contribution in [0.2, 0.25) is 0 Å². The molecule has 0 aromatic rings. The van der Waals surface area contributed by atoms with Gasteiger partial charge in [-0.3, -0.25) is 4.90 Å². The van der Waals surface area contributed by atoms with Crippen molar-refractivity contribution < 1.29 is 13.2 Å². The zero-order valence-electron chi connectivity index (χ0n) is 12.0. The molecule has 0 spiro atoms. The van der Waals surface area contributed by atoms with Gasteiger partial charge in [-0.15, -0.1) is 0 Å². The molecule has 0 saturated heterocycles. The van der Waals surface area contributed by atoms with E-state index in [4.69, 9.17) is 0 Å². The molecule has 5 heteroatoms. The Balaban J connectivity index is 4.33. The fourth-order valence-corrected chi connectivity index (χ4v) is 2.01. The first-order chi connectivity index (χ1) is 8.30. The highest BCUT2D eigenvalue weighted by molar-refractivity contribution is 4.75. The summed E-state index contributed by atoms with van der Waals surface area (Å²) in [6.07, 6.45) is -2.41. The highest BCUT2D eigenvalue weighted by Crippen LogP contribution is 2.19. The largest absolute Gasteiger partial charge is 0.401 e. The first-order valence-electron chi connectivity index (χ1n) is 6.81. The fraction of sp³-hybridized carbons (Fsp3) is 1.00. The first kappa shape index (κ1) is 17.7. The van der Waals surface area contributed by atoms with Crippen molar-refractivity contribution in [2.75, 3.05) is 26.2 Å². The van der Waals surface area contributed by atoms with Crippen molar-refractivity contribution in [2.45, 2.75) is 52.8 Å². The third kappa shape index (κ3) is 8.75. The van der Waals surface area contributed by atoms with E-state index < -0.39 is 12.7 Å². The molecule has 0 heterocycles. The maximum absolute atomic E-state index is 12.5. The molecule has 0 aromatic carbocycles. The summed E-state index contributed by atoms with van der Waals surface area (Å²) in [6, 6.07) is -0.0274. The van der Waals surface area contributed by atoms with E-state index in [0.717, 1.165) is 19.4 Å². The van der Waals surface area contributed by atoms with Gasteiger partial charge in [0.1, 0.15) is 0 Å². The normalized spacial score (nSPS) is 14.5. The number of nitrogens with zero attached hydrogens (tertiary/aromatic N) is 1. The minimum Gasteiger partial charge on any atom is -0.315 e. The van der Waals surface area contributed by atoms with Gasteiger partial charge in [-0.05, 0) is 25.4 Å². The second kappa shape index (κ2) is 8.75. The van der Waals surface area contributed by atoms with Crippen LogP contribution in [0, 0.1) is 5.92 Å². The van der Waals surface area contributed by atoms with Gasteiger partial charge >= 0.3 is 6.18 Å². The molecule has 1 atom stereocenters. The van der Waals surface area contributed by atoms with Crippen molar-refractivity contribution >= 4 is 0 Å². The van der Waals surface area contributed by atoms with Gasteiger partial charge in [-0.2, -0.15) is 13.2 Å². The predicted octanol–water partition coefficient (Wildman–Crippen LogP) is 3.28. The monoisotopic (exact) mass is 268 g/mol. The molecule has 2 nitrogen and oxygen atoms in total. The van der Waals surface area contributed by atoms with Crippen LogP contribution in [-0.2, 0) is 0 Å². The summed E-state index contributed by atoms with van der Waals surface area (Å²) in [7, 11) is 0.